The maximum atomic E-state index is 12.2. The minimum Gasteiger partial charge on any atom is -0.399 e. The lowest BCUT2D eigenvalue weighted by molar-refractivity contribution is -0.0328. The van der Waals surface area contributed by atoms with Crippen LogP contribution in [0, 0.1) is 0 Å². The standard InChI is InChI=1S/C14H13F3N2S/c1-19(11-4-2-10(18)3-5-11)12-6-8-13(9-7-12)20-14(15,16)17/h2-9H,18H2,1H3. The zero-order valence-corrected chi connectivity index (χ0v) is 11.5. The van der Waals surface area contributed by atoms with Crippen LogP contribution in [0.5, 0.6) is 0 Å². The zero-order chi connectivity index (χ0) is 14.8. The van der Waals surface area contributed by atoms with Gasteiger partial charge in [0.1, 0.15) is 0 Å². The van der Waals surface area contributed by atoms with Crippen molar-refractivity contribution in [3.63, 3.8) is 0 Å². The normalized spacial score (nSPS) is 11.4. The van der Waals surface area contributed by atoms with Crippen molar-refractivity contribution < 1.29 is 13.2 Å². The van der Waals surface area contributed by atoms with Crippen LogP contribution in [0.4, 0.5) is 30.2 Å². The molecule has 0 atom stereocenters. The Kier molecular flexibility index (Phi) is 4.13. The molecule has 2 aromatic carbocycles. The van der Waals surface area contributed by atoms with Crippen molar-refractivity contribution in [2.75, 3.05) is 17.7 Å². The molecule has 0 bridgehead atoms. The molecule has 0 unspecified atom stereocenters. The highest BCUT2D eigenvalue weighted by Crippen LogP contribution is 2.37. The summed E-state index contributed by atoms with van der Waals surface area (Å²) < 4.78 is 36.7. The molecule has 0 aliphatic carbocycles. The summed E-state index contributed by atoms with van der Waals surface area (Å²) in [6.45, 7) is 0. The summed E-state index contributed by atoms with van der Waals surface area (Å²) in [6, 6.07) is 13.5. The Morgan fingerprint density at radius 1 is 0.900 bits per heavy atom. The number of hydrogen-bond donors (Lipinski definition) is 1. The van der Waals surface area contributed by atoms with Crippen LogP contribution < -0.4 is 10.6 Å². The average Bonchev–Trinajstić information content (AvgIpc) is 2.38. The molecule has 20 heavy (non-hydrogen) atoms. The number of halogens is 3. The van der Waals surface area contributed by atoms with Crippen LogP contribution in [0.3, 0.4) is 0 Å². The molecule has 0 aromatic heterocycles. The molecule has 0 fully saturated rings. The summed E-state index contributed by atoms with van der Waals surface area (Å²) in [6.07, 6.45) is 0. The zero-order valence-electron chi connectivity index (χ0n) is 10.7. The Bertz CT molecular complexity index is 564. The van der Waals surface area contributed by atoms with Gasteiger partial charge in [-0.2, -0.15) is 13.2 Å². The largest absolute Gasteiger partial charge is 0.446 e. The van der Waals surface area contributed by atoms with Crippen molar-refractivity contribution >= 4 is 28.8 Å². The lowest BCUT2D eigenvalue weighted by atomic mass is 10.2. The van der Waals surface area contributed by atoms with Crippen LogP contribution in [-0.4, -0.2) is 12.6 Å². The van der Waals surface area contributed by atoms with Crippen LogP contribution in [0.25, 0.3) is 0 Å². The van der Waals surface area contributed by atoms with Crippen molar-refractivity contribution in [2.24, 2.45) is 0 Å². The predicted octanol–water partition coefficient (Wildman–Crippen LogP) is 4.65. The summed E-state index contributed by atoms with van der Waals surface area (Å²) in [5.74, 6) is 0. The summed E-state index contributed by atoms with van der Waals surface area (Å²) in [4.78, 5) is 2.05. The van der Waals surface area contributed by atoms with Crippen molar-refractivity contribution in [2.45, 2.75) is 10.4 Å². The number of nitrogen functional groups attached to an aromatic ring is 1. The highest BCUT2D eigenvalue weighted by Gasteiger charge is 2.29. The molecule has 2 N–H and O–H groups in total. The minimum absolute atomic E-state index is 0.116. The molecule has 2 nitrogen and oxygen atoms in total. The van der Waals surface area contributed by atoms with Crippen LogP contribution in [0.15, 0.2) is 53.4 Å². The Labute approximate surface area is 119 Å². The van der Waals surface area contributed by atoms with E-state index in [0.717, 1.165) is 11.4 Å². The van der Waals surface area contributed by atoms with Gasteiger partial charge in [-0.1, -0.05) is 0 Å². The van der Waals surface area contributed by atoms with Gasteiger partial charge in [-0.25, -0.2) is 0 Å². The maximum Gasteiger partial charge on any atom is 0.446 e. The van der Waals surface area contributed by atoms with Crippen LogP contribution in [0.2, 0.25) is 0 Å². The number of thioether (sulfide) groups is 1. The van der Waals surface area contributed by atoms with E-state index in [0.29, 0.717) is 5.69 Å². The Morgan fingerprint density at radius 3 is 1.80 bits per heavy atom. The second-order valence-corrected chi connectivity index (χ2v) is 5.33. The molecule has 0 aliphatic heterocycles. The minimum atomic E-state index is -4.26. The number of nitrogens with two attached hydrogens (primary N) is 1. The van der Waals surface area contributed by atoms with E-state index < -0.39 is 5.51 Å². The predicted molar refractivity (Wildman–Crippen MR) is 77.3 cm³/mol. The van der Waals surface area contributed by atoms with Gasteiger partial charge in [-0.15, -0.1) is 0 Å². The number of benzene rings is 2. The lowest BCUT2D eigenvalue weighted by Crippen LogP contribution is -2.09. The van der Waals surface area contributed by atoms with Gasteiger partial charge in [0.2, 0.25) is 0 Å². The van der Waals surface area contributed by atoms with Gasteiger partial charge < -0.3 is 10.6 Å². The van der Waals surface area contributed by atoms with Gasteiger partial charge in [0, 0.05) is 29.0 Å². The molecular formula is C14H13F3N2S. The molecule has 6 heteroatoms. The van der Waals surface area contributed by atoms with E-state index in [1.165, 1.54) is 12.1 Å². The first-order valence-corrected chi connectivity index (χ1v) is 6.62. The number of alkyl halides is 3. The summed E-state index contributed by atoms with van der Waals surface area (Å²) >= 11 is -0.116. The summed E-state index contributed by atoms with van der Waals surface area (Å²) in [7, 11) is 1.84. The van der Waals surface area contributed by atoms with Crippen molar-refractivity contribution in [3.05, 3.63) is 48.5 Å². The van der Waals surface area contributed by atoms with E-state index in [1.807, 2.05) is 24.1 Å². The van der Waals surface area contributed by atoms with E-state index in [9.17, 15) is 13.2 Å². The van der Waals surface area contributed by atoms with Gasteiger partial charge >= 0.3 is 5.51 Å². The van der Waals surface area contributed by atoms with Crippen molar-refractivity contribution in [1.29, 1.82) is 0 Å². The number of hydrogen-bond acceptors (Lipinski definition) is 3. The fourth-order valence-corrected chi connectivity index (χ4v) is 2.26. The van der Waals surface area contributed by atoms with E-state index in [1.54, 1.807) is 24.3 Å². The van der Waals surface area contributed by atoms with Gasteiger partial charge in [-0.3, -0.25) is 0 Å². The molecule has 0 saturated carbocycles. The third kappa shape index (κ3) is 3.84. The van der Waals surface area contributed by atoms with E-state index in [-0.39, 0.29) is 16.7 Å². The van der Waals surface area contributed by atoms with Gasteiger partial charge in [0.05, 0.1) is 0 Å². The van der Waals surface area contributed by atoms with Crippen LogP contribution in [-0.2, 0) is 0 Å². The van der Waals surface area contributed by atoms with Crippen LogP contribution >= 0.6 is 11.8 Å². The van der Waals surface area contributed by atoms with E-state index in [2.05, 4.69) is 0 Å². The van der Waals surface area contributed by atoms with Crippen LogP contribution in [0.1, 0.15) is 0 Å². The maximum absolute atomic E-state index is 12.2. The Balaban J connectivity index is 2.15. The molecule has 2 aromatic rings. The molecule has 2 rings (SSSR count). The molecule has 106 valence electrons. The lowest BCUT2D eigenvalue weighted by Gasteiger charge is -2.20. The smallest absolute Gasteiger partial charge is 0.399 e. The first-order chi connectivity index (χ1) is 9.35. The molecule has 0 aliphatic rings. The Morgan fingerprint density at radius 2 is 1.35 bits per heavy atom. The first-order valence-electron chi connectivity index (χ1n) is 5.80. The van der Waals surface area contributed by atoms with E-state index in [4.69, 9.17) is 5.73 Å². The SMILES string of the molecule is CN(c1ccc(N)cc1)c1ccc(SC(F)(F)F)cc1. The fourth-order valence-electron chi connectivity index (χ4n) is 1.72. The molecule has 0 saturated heterocycles. The van der Waals surface area contributed by atoms with Gasteiger partial charge in [-0.05, 0) is 60.3 Å². The highest BCUT2D eigenvalue weighted by atomic mass is 32.2. The molecule has 0 amide bonds. The molecular weight excluding hydrogens is 285 g/mol. The third-order valence-electron chi connectivity index (χ3n) is 2.74. The molecule has 0 radical (unpaired) electrons. The van der Waals surface area contributed by atoms with Gasteiger partial charge in [0.15, 0.2) is 0 Å². The number of nitrogens with zero attached hydrogens (tertiary/aromatic N) is 1. The first kappa shape index (κ1) is 14.6. The highest BCUT2D eigenvalue weighted by molar-refractivity contribution is 8.00. The summed E-state index contributed by atoms with van der Waals surface area (Å²) in [5, 5.41) is 0. The molecule has 0 heterocycles. The van der Waals surface area contributed by atoms with E-state index >= 15 is 0 Å². The monoisotopic (exact) mass is 298 g/mol. The topological polar surface area (TPSA) is 29.3 Å². The second kappa shape index (κ2) is 5.66. The van der Waals surface area contributed by atoms with Crippen molar-refractivity contribution in [1.82, 2.24) is 0 Å². The number of rotatable bonds is 3. The molecule has 0 spiro atoms. The fraction of sp³-hybridized carbons (Fsp3) is 0.143. The van der Waals surface area contributed by atoms with Crippen molar-refractivity contribution in [3.8, 4) is 0 Å². The number of anilines is 3. The quantitative estimate of drug-likeness (QED) is 0.660. The summed E-state index contributed by atoms with van der Waals surface area (Å²) in [5.41, 5.74) is 3.74. The Hall–Kier alpha value is -1.82. The second-order valence-electron chi connectivity index (χ2n) is 4.19. The average molecular weight is 298 g/mol. The van der Waals surface area contributed by atoms with Gasteiger partial charge in [0.25, 0.3) is 0 Å². The third-order valence-corrected chi connectivity index (χ3v) is 3.48.